The summed E-state index contributed by atoms with van der Waals surface area (Å²) in [6, 6.07) is 0. The smallest absolute Gasteiger partial charge is 0.142 e. The van der Waals surface area contributed by atoms with Crippen LogP contribution >= 0.6 is 11.8 Å². The van der Waals surface area contributed by atoms with Crippen molar-refractivity contribution in [3.8, 4) is 12.3 Å². The third-order valence-electron chi connectivity index (χ3n) is 1.88. The van der Waals surface area contributed by atoms with Crippen LogP contribution in [0.3, 0.4) is 0 Å². The summed E-state index contributed by atoms with van der Waals surface area (Å²) in [4.78, 5) is 11.2. The molecule has 0 aliphatic rings. The van der Waals surface area contributed by atoms with Gasteiger partial charge in [-0.05, 0) is 12.8 Å². The highest BCUT2D eigenvalue weighted by Gasteiger charge is 2.04. The van der Waals surface area contributed by atoms with Crippen LogP contribution in [0, 0.1) is 12.3 Å². The van der Waals surface area contributed by atoms with Gasteiger partial charge >= 0.3 is 0 Å². The van der Waals surface area contributed by atoms with Gasteiger partial charge in [0.15, 0.2) is 0 Å². The maximum atomic E-state index is 11.2. The molecule has 0 saturated heterocycles. The minimum absolute atomic E-state index is 0.334. The highest BCUT2D eigenvalue weighted by molar-refractivity contribution is 8.00. The van der Waals surface area contributed by atoms with Crippen LogP contribution in [0.4, 0.5) is 0 Å². The molecular formula is C11H18OS. The first-order chi connectivity index (χ1) is 6.20. The zero-order valence-electron chi connectivity index (χ0n) is 8.51. The van der Waals surface area contributed by atoms with Gasteiger partial charge in [-0.2, -0.15) is 11.8 Å². The summed E-state index contributed by atoms with van der Waals surface area (Å²) in [6.07, 6.45) is 8.43. The van der Waals surface area contributed by atoms with Crippen LogP contribution in [0.5, 0.6) is 0 Å². The van der Waals surface area contributed by atoms with Gasteiger partial charge in [0.05, 0.1) is 5.75 Å². The second-order valence-electron chi connectivity index (χ2n) is 3.13. The Kier molecular flexibility index (Phi) is 7.93. The minimum atomic E-state index is 0.334. The third kappa shape index (κ3) is 7.93. The summed E-state index contributed by atoms with van der Waals surface area (Å²) in [5.74, 6) is 3.53. The average Bonchev–Trinajstić information content (AvgIpc) is 2.14. The molecule has 0 aliphatic carbocycles. The molecular weight excluding hydrogens is 180 g/mol. The lowest BCUT2D eigenvalue weighted by Crippen LogP contribution is -2.05. The molecule has 0 N–H and O–H groups in total. The molecule has 0 aromatic heterocycles. The van der Waals surface area contributed by atoms with Crippen molar-refractivity contribution in [1.82, 2.24) is 0 Å². The van der Waals surface area contributed by atoms with E-state index in [2.05, 4.69) is 19.8 Å². The zero-order valence-corrected chi connectivity index (χ0v) is 9.32. The largest absolute Gasteiger partial charge is 0.299 e. The molecule has 0 aromatic rings. The molecule has 0 amide bonds. The van der Waals surface area contributed by atoms with E-state index in [9.17, 15) is 4.79 Å². The van der Waals surface area contributed by atoms with E-state index >= 15 is 0 Å². The molecule has 0 rings (SSSR count). The molecule has 0 aliphatic heterocycles. The lowest BCUT2D eigenvalue weighted by Gasteiger charge is -2.06. The lowest BCUT2D eigenvalue weighted by molar-refractivity contribution is -0.116. The van der Waals surface area contributed by atoms with E-state index < -0.39 is 0 Å². The number of unbranched alkanes of at least 4 members (excludes halogenated alkanes) is 1. The van der Waals surface area contributed by atoms with Gasteiger partial charge < -0.3 is 0 Å². The molecule has 1 nitrogen and oxygen atoms in total. The van der Waals surface area contributed by atoms with Crippen LogP contribution in [0.25, 0.3) is 0 Å². The van der Waals surface area contributed by atoms with Gasteiger partial charge in [-0.25, -0.2) is 0 Å². The SMILES string of the molecule is C#CCCCC(=O)CSC(C)CC. The molecule has 0 bridgehead atoms. The lowest BCUT2D eigenvalue weighted by atomic mass is 10.2. The summed E-state index contributed by atoms with van der Waals surface area (Å²) in [7, 11) is 0. The minimum Gasteiger partial charge on any atom is -0.299 e. The van der Waals surface area contributed by atoms with Crippen molar-refractivity contribution >= 4 is 17.5 Å². The molecule has 0 saturated carbocycles. The Labute approximate surface area is 85.7 Å². The summed E-state index contributed by atoms with van der Waals surface area (Å²) in [5.41, 5.74) is 0. The molecule has 0 fully saturated rings. The van der Waals surface area contributed by atoms with E-state index in [1.165, 1.54) is 0 Å². The molecule has 0 spiro atoms. The highest BCUT2D eigenvalue weighted by atomic mass is 32.2. The standard InChI is InChI=1S/C11H18OS/c1-4-6-7-8-11(12)9-13-10(3)5-2/h1,10H,5-9H2,2-3H3. The van der Waals surface area contributed by atoms with Crippen LogP contribution in [-0.2, 0) is 4.79 Å². The topological polar surface area (TPSA) is 17.1 Å². The van der Waals surface area contributed by atoms with Gasteiger partial charge in [0.1, 0.15) is 5.78 Å². The molecule has 1 atom stereocenters. The van der Waals surface area contributed by atoms with E-state index in [1.54, 1.807) is 11.8 Å². The maximum Gasteiger partial charge on any atom is 0.142 e. The highest BCUT2D eigenvalue weighted by Crippen LogP contribution is 2.14. The number of carbonyl (C=O) groups excluding carboxylic acids is 1. The van der Waals surface area contributed by atoms with E-state index in [4.69, 9.17) is 6.42 Å². The maximum absolute atomic E-state index is 11.2. The Morgan fingerprint density at radius 1 is 1.62 bits per heavy atom. The van der Waals surface area contributed by atoms with Crippen LogP contribution in [0.2, 0.25) is 0 Å². The van der Waals surface area contributed by atoms with Crippen molar-refractivity contribution in [2.75, 3.05) is 5.75 Å². The van der Waals surface area contributed by atoms with Crippen LogP contribution in [0.1, 0.15) is 39.5 Å². The molecule has 1 unspecified atom stereocenters. The normalized spacial score (nSPS) is 12.1. The predicted octanol–water partition coefficient (Wildman–Crippen LogP) is 2.89. The summed E-state index contributed by atoms with van der Waals surface area (Å²) in [6.45, 7) is 4.29. The monoisotopic (exact) mass is 198 g/mol. The predicted molar refractivity (Wildman–Crippen MR) is 59.9 cm³/mol. The fourth-order valence-electron chi connectivity index (χ4n) is 0.813. The zero-order chi connectivity index (χ0) is 10.1. The van der Waals surface area contributed by atoms with Gasteiger partial charge in [-0.1, -0.05) is 13.8 Å². The molecule has 0 radical (unpaired) electrons. The van der Waals surface area contributed by atoms with Crippen molar-refractivity contribution in [2.45, 2.75) is 44.8 Å². The van der Waals surface area contributed by atoms with E-state index in [1.807, 2.05) is 0 Å². The fourth-order valence-corrected chi connectivity index (χ4v) is 1.66. The molecule has 0 heterocycles. The van der Waals surface area contributed by atoms with Crippen molar-refractivity contribution in [2.24, 2.45) is 0 Å². The number of carbonyl (C=O) groups is 1. The number of hydrogen-bond donors (Lipinski definition) is 0. The van der Waals surface area contributed by atoms with Gasteiger partial charge in [-0.15, -0.1) is 12.3 Å². The number of rotatable bonds is 7. The summed E-state index contributed by atoms with van der Waals surface area (Å²) < 4.78 is 0. The van der Waals surface area contributed by atoms with Gasteiger partial charge in [0, 0.05) is 18.1 Å². The quantitative estimate of drug-likeness (QED) is 0.462. The van der Waals surface area contributed by atoms with E-state index in [0.29, 0.717) is 23.2 Å². The number of Topliss-reactive ketones (excluding diaryl/α,β-unsaturated/α-hetero) is 1. The number of ketones is 1. The Balaban J connectivity index is 3.36. The van der Waals surface area contributed by atoms with Crippen LogP contribution in [-0.4, -0.2) is 16.8 Å². The molecule has 74 valence electrons. The Morgan fingerprint density at radius 3 is 2.85 bits per heavy atom. The summed E-state index contributed by atoms with van der Waals surface area (Å²) >= 11 is 1.74. The van der Waals surface area contributed by atoms with E-state index in [-0.39, 0.29) is 0 Å². The van der Waals surface area contributed by atoms with Crippen LogP contribution in [0.15, 0.2) is 0 Å². The first-order valence-electron chi connectivity index (χ1n) is 4.77. The third-order valence-corrected chi connectivity index (χ3v) is 3.27. The van der Waals surface area contributed by atoms with Gasteiger partial charge in [0.2, 0.25) is 0 Å². The number of terminal acetylenes is 1. The summed E-state index contributed by atoms with van der Waals surface area (Å²) in [5, 5.41) is 0.594. The fraction of sp³-hybridized carbons (Fsp3) is 0.727. The first-order valence-corrected chi connectivity index (χ1v) is 5.82. The van der Waals surface area contributed by atoms with Crippen molar-refractivity contribution < 1.29 is 4.79 Å². The number of thioether (sulfide) groups is 1. The second kappa shape index (κ2) is 8.19. The average molecular weight is 198 g/mol. The van der Waals surface area contributed by atoms with E-state index in [0.717, 1.165) is 19.3 Å². The van der Waals surface area contributed by atoms with Crippen molar-refractivity contribution in [1.29, 1.82) is 0 Å². The van der Waals surface area contributed by atoms with Crippen molar-refractivity contribution in [3.05, 3.63) is 0 Å². The van der Waals surface area contributed by atoms with Crippen LogP contribution < -0.4 is 0 Å². The first kappa shape index (κ1) is 12.6. The number of hydrogen-bond acceptors (Lipinski definition) is 2. The van der Waals surface area contributed by atoms with Crippen molar-refractivity contribution in [3.63, 3.8) is 0 Å². The molecule has 0 aromatic carbocycles. The van der Waals surface area contributed by atoms with Gasteiger partial charge in [0.25, 0.3) is 0 Å². The second-order valence-corrected chi connectivity index (χ2v) is 4.55. The molecule has 13 heavy (non-hydrogen) atoms. The van der Waals surface area contributed by atoms with Gasteiger partial charge in [-0.3, -0.25) is 4.79 Å². The Morgan fingerprint density at radius 2 is 2.31 bits per heavy atom. The molecule has 2 heteroatoms. The Hall–Kier alpha value is -0.420. The Bertz CT molecular complexity index is 181.